The molecule has 42 heavy (non-hydrogen) atoms. The first-order chi connectivity index (χ1) is 19.9. The van der Waals surface area contributed by atoms with Gasteiger partial charge in [-0.05, 0) is 29.8 Å². The number of ether oxygens (including phenoxy) is 2. The Balaban J connectivity index is 1.59. The number of phenolic OH excluding ortho intramolecular Hbond substituents is 6. The van der Waals surface area contributed by atoms with Crippen molar-refractivity contribution in [1.82, 2.24) is 0 Å². The average Bonchev–Trinajstić information content (AvgIpc) is 2.94. The number of carbonyl (C=O) groups excluding carboxylic acids is 1. The van der Waals surface area contributed by atoms with E-state index in [9.17, 15) is 55.5 Å². The van der Waals surface area contributed by atoms with Crippen molar-refractivity contribution in [1.29, 1.82) is 0 Å². The lowest BCUT2D eigenvalue weighted by atomic mass is 9.89. The summed E-state index contributed by atoms with van der Waals surface area (Å²) in [5.74, 6) is -4.83. The summed E-state index contributed by atoms with van der Waals surface area (Å²) in [6.45, 7) is -0.829. The highest BCUT2D eigenvalue weighted by Gasteiger charge is 2.49. The van der Waals surface area contributed by atoms with Crippen LogP contribution < -0.4 is 5.43 Å². The molecule has 5 rings (SSSR count). The van der Waals surface area contributed by atoms with Crippen LogP contribution in [-0.4, -0.2) is 83.0 Å². The molecular formula is C28H24O14. The summed E-state index contributed by atoms with van der Waals surface area (Å²) in [7, 11) is 0. The smallest absolute Gasteiger partial charge is 0.331 e. The molecule has 3 aromatic carbocycles. The fraction of sp³-hybridized carbons (Fsp3) is 0.214. The summed E-state index contributed by atoms with van der Waals surface area (Å²) in [5, 5.41) is 91.0. The molecule has 220 valence electrons. The predicted molar refractivity (Wildman–Crippen MR) is 142 cm³/mol. The van der Waals surface area contributed by atoms with E-state index in [0.717, 1.165) is 30.3 Å². The Morgan fingerprint density at radius 1 is 0.857 bits per heavy atom. The van der Waals surface area contributed by atoms with Crippen LogP contribution >= 0.6 is 0 Å². The van der Waals surface area contributed by atoms with Crippen molar-refractivity contribution in [3.63, 3.8) is 0 Å². The predicted octanol–water partition coefficient (Wildman–Crippen LogP) is 0.959. The Morgan fingerprint density at radius 3 is 2.21 bits per heavy atom. The van der Waals surface area contributed by atoms with E-state index in [-0.39, 0.29) is 27.9 Å². The maximum absolute atomic E-state index is 13.3. The Morgan fingerprint density at radius 2 is 1.52 bits per heavy atom. The van der Waals surface area contributed by atoms with Gasteiger partial charge in [0.25, 0.3) is 0 Å². The van der Waals surface area contributed by atoms with Gasteiger partial charge in [0.2, 0.25) is 5.43 Å². The quantitative estimate of drug-likeness (QED) is 0.0686. The van der Waals surface area contributed by atoms with E-state index in [4.69, 9.17) is 13.9 Å². The normalized spacial score (nSPS) is 22.6. The highest BCUT2D eigenvalue weighted by atomic mass is 16.6. The fourth-order valence-electron chi connectivity index (χ4n) is 4.74. The van der Waals surface area contributed by atoms with Crippen LogP contribution in [0.4, 0.5) is 0 Å². The molecule has 2 heterocycles. The van der Waals surface area contributed by atoms with Gasteiger partial charge in [-0.25, -0.2) is 4.79 Å². The minimum absolute atomic E-state index is 0.178. The maximum atomic E-state index is 13.3. The summed E-state index contributed by atoms with van der Waals surface area (Å²) in [4.78, 5) is 26.0. The molecule has 5 atom stereocenters. The van der Waals surface area contributed by atoms with E-state index in [1.807, 2.05) is 0 Å². The van der Waals surface area contributed by atoms with Crippen LogP contribution in [0.25, 0.3) is 28.0 Å². The number of aromatic hydroxyl groups is 6. The topological polar surface area (TPSA) is 248 Å². The molecule has 0 saturated carbocycles. The molecule has 0 amide bonds. The standard InChI is InChI=1S/C28H24O14/c29-9-19-24(37)26(39)28(42-20(35)4-2-10-1-3-12(30)13(31)5-10)27(41-19)21-16(34)8-18-22(25(21)38)23(36)11-6-14(32)15(33)7-17(11)40-18/h1-8,19,24,26-34,37-39H,9H2/b4-2+/t19-,24-,26+,27-,28-/m1/s1. The van der Waals surface area contributed by atoms with Crippen LogP contribution in [0.3, 0.4) is 0 Å². The summed E-state index contributed by atoms with van der Waals surface area (Å²) in [5.41, 5.74) is -1.67. The van der Waals surface area contributed by atoms with E-state index < -0.39 is 88.2 Å². The lowest BCUT2D eigenvalue weighted by molar-refractivity contribution is -0.240. The summed E-state index contributed by atoms with van der Waals surface area (Å²) in [6.07, 6.45) is -6.64. The lowest BCUT2D eigenvalue weighted by Crippen LogP contribution is -2.56. The molecule has 14 nitrogen and oxygen atoms in total. The number of fused-ring (bicyclic) bond motifs is 2. The Hall–Kier alpha value is -5.02. The first kappa shape index (κ1) is 28.5. The Bertz CT molecular complexity index is 1790. The second kappa shape index (κ2) is 10.8. The number of carbonyl (C=O) groups is 1. The van der Waals surface area contributed by atoms with Crippen molar-refractivity contribution in [2.24, 2.45) is 0 Å². The van der Waals surface area contributed by atoms with Crippen molar-refractivity contribution in [3.8, 4) is 34.5 Å². The van der Waals surface area contributed by atoms with E-state index in [1.165, 1.54) is 18.2 Å². The molecule has 4 aromatic rings. The Kier molecular flexibility index (Phi) is 7.30. The minimum Gasteiger partial charge on any atom is -0.507 e. The zero-order valence-corrected chi connectivity index (χ0v) is 21.3. The third-order valence-corrected chi connectivity index (χ3v) is 6.87. The molecule has 1 aliphatic rings. The molecule has 1 aliphatic heterocycles. The number of aliphatic hydroxyl groups excluding tert-OH is 3. The summed E-state index contributed by atoms with van der Waals surface area (Å²) >= 11 is 0. The monoisotopic (exact) mass is 584 g/mol. The summed E-state index contributed by atoms with van der Waals surface area (Å²) < 4.78 is 16.5. The van der Waals surface area contributed by atoms with Gasteiger partial charge in [0.15, 0.2) is 29.1 Å². The first-order valence-corrected chi connectivity index (χ1v) is 12.3. The third-order valence-electron chi connectivity index (χ3n) is 6.87. The molecule has 1 aromatic heterocycles. The number of hydrogen-bond donors (Lipinski definition) is 9. The van der Waals surface area contributed by atoms with Crippen molar-refractivity contribution in [2.75, 3.05) is 6.61 Å². The van der Waals surface area contributed by atoms with Gasteiger partial charge in [-0.1, -0.05) is 6.07 Å². The minimum atomic E-state index is -1.92. The van der Waals surface area contributed by atoms with E-state index in [2.05, 4.69) is 0 Å². The molecule has 0 unspecified atom stereocenters. The van der Waals surface area contributed by atoms with Crippen molar-refractivity contribution in [2.45, 2.75) is 30.5 Å². The van der Waals surface area contributed by atoms with E-state index >= 15 is 0 Å². The molecule has 0 aliphatic carbocycles. The van der Waals surface area contributed by atoms with Crippen LogP contribution in [0.5, 0.6) is 34.5 Å². The molecule has 14 heteroatoms. The van der Waals surface area contributed by atoms with E-state index in [0.29, 0.717) is 0 Å². The zero-order valence-electron chi connectivity index (χ0n) is 21.3. The Labute approximate surface area is 234 Å². The molecular weight excluding hydrogens is 560 g/mol. The third kappa shape index (κ3) is 4.88. The van der Waals surface area contributed by atoms with Gasteiger partial charge in [-0.15, -0.1) is 0 Å². The number of esters is 1. The lowest BCUT2D eigenvalue weighted by Gasteiger charge is -2.42. The highest BCUT2D eigenvalue weighted by Crippen LogP contribution is 2.46. The zero-order chi connectivity index (χ0) is 30.5. The first-order valence-electron chi connectivity index (χ1n) is 12.3. The molecule has 0 radical (unpaired) electrons. The van der Waals surface area contributed by atoms with Crippen molar-refractivity contribution >= 4 is 34.0 Å². The molecule has 9 N–H and O–H groups in total. The second-order valence-electron chi connectivity index (χ2n) is 9.54. The van der Waals surface area contributed by atoms with Crippen LogP contribution in [0.2, 0.25) is 0 Å². The molecule has 1 saturated heterocycles. The molecule has 1 fully saturated rings. The van der Waals surface area contributed by atoms with Gasteiger partial charge >= 0.3 is 5.97 Å². The van der Waals surface area contributed by atoms with Gasteiger partial charge in [-0.3, -0.25) is 4.79 Å². The molecule has 0 spiro atoms. The average molecular weight is 584 g/mol. The number of hydrogen-bond acceptors (Lipinski definition) is 14. The number of phenols is 6. The van der Waals surface area contributed by atoms with Crippen LogP contribution in [0, 0.1) is 0 Å². The fourth-order valence-corrected chi connectivity index (χ4v) is 4.74. The van der Waals surface area contributed by atoms with E-state index in [1.54, 1.807) is 0 Å². The van der Waals surface area contributed by atoms with Gasteiger partial charge in [0, 0.05) is 18.2 Å². The van der Waals surface area contributed by atoms with Crippen molar-refractivity contribution in [3.05, 3.63) is 63.8 Å². The summed E-state index contributed by atoms with van der Waals surface area (Å²) in [6, 6.07) is 6.50. The molecule has 0 bridgehead atoms. The SMILES string of the molecule is O=C(/C=C/c1ccc(O)c(O)c1)O[C@@H]1[C@@H](O)[C@H](O)[C@@H](CO)O[C@@H]1c1c(O)cc2oc3cc(O)c(O)cc3c(=O)c2c1O. The van der Waals surface area contributed by atoms with Crippen molar-refractivity contribution < 1.29 is 64.6 Å². The highest BCUT2D eigenvalue weighted by molar-refractivity contribution is 5.96. The van der Waals surface area contributed by atoms with Gasteiger partial charge < -0.3 is 59.8 Å². The van der Waals surface area contributed by atoms with Gasteiger partial charge in [0.1, 0.15) is 52.5 Å². The van der Waals surface area contributed by atoms with Crippen LogP contribution in [0.15, 0.2) is 51.7 Å². The second-order valence-corrected chi connectivity index (χ2v) is 9.54. The number of aliphatic hydroxyl groups is 3. The van der Waals surface area contributed by atoms with Gasteiger partial charge in [-0.2, -0.15) is 0 Å². The largest absolute Gasteiger partial charge is 0.507 e. The van der Waals surface area contributed by atoms with Crippen LogP contribution in [0.1, 0.15) is 17.2 Å². The van der Waals surface area contributed by atoms with Gasteiger partial charge in [0.05, 0.1) is 17.6 Å². The number of rotatable bonds is 5. The number of benzene rings is 3. The van der Waals surface area contributed by atoms with Crippen LogP contribution in [-0.2, 0) is 14.3 Å². The maximum Gasteiger partial charge on any atom is 0.331 e.